The average Bonchev–Trinajstić information content (AvgIpc) is 3.11. The zero-order chi connectivity index (χ0) is 19.5. The SMILES string of the molecule is Cc1ccc(N2C(=O)CSC2c2cccc(NC(=O)c3ccccc3)c2)cc1. The van der Waals surface area contributed by atoms with E-state index in [0.29, 0.717) is 11.3 Å². The molecule has 1 atom stereocenters. The Kier molecular flexibility index (Phi) is 5.17. The van der Waals surface area contributed by atoms with Gasteiger partial charge < -0.3 is 5.32 Å². The number of hydrogen-bond acceptors (Lipinski definition) is 3. The molecule has 4 rings (SSSR count). The minimum Gasteiger partial charge on any atom is -0.322 e. The topological polar surface area (TPSA) is 49.4 Å². The van der Waals surface area contributed by atoms with Gasteiger partial charge in [-0.3, -0.25) is 14.5 Å². The predicted molar refractivity (Wildman–Crippen MR) is 115 cm³/mol. The largest absolute Gasteiger partial charge is 0.322 e. The molecule has 1 aliphatic heterocycles. The fourth-order valence-corrected chi connectivity index (χ4v) is 4.38. The molecule has 0 radical (unpaired) electrons. The zero-order valence-electron chi connectivity index (χ0n) is 15.5. The van der Waals surface area contributed by atoms with Crippen LogP contribution in [0, 0.1) is 6.92 Å². The molecule has 28 heavy (non-hydrogen) atoms. The van der Waals surface area contributed by atoms with Gasteiger partial charge in [-0.1, -0.05) is 48.0 Å². The number of amides is 2. The Bertz CT molecular complexity index is 1000. The minimum atomic E-state index is -0.150. The molecule has 0 saturated carbocycles. The molecule has 0 spiro atoms. The van der Waals surface area contributed by atoms with E-state index in [2.05, 4.69) is 5.32 Å². The summed E-state index contributed by atoms with van der Waals surface area (Å²) in [4.78, 5) is 26.8. The van der Waals surface area contributed by atoms with E-state index >= 15 is 0 Å². The van der Waals surface area contributed by atoms with Crippen LogP contribution in [0.5, 0.6) is 0 Å². The van der Waals surface area contributed by atoms with E-state index < -0.39 is 0 Å². The molecule has 1 aliphatic rings. The van der Waals surface area contributed by atoms with Crippen LogP contribution in [-0.2, 0) is 4.79 Å². The Morgan fingerprint density at radius 2 is 1.75 bits per heavy atom. The maximum Gasteiger partial charge on any atom is 0.255 e. The van der Waals surface area contributed by atoms with Gasteiger partial charge in [0.2, 0.25) is 5.91 Å². The van der Waals surface area contributed by atoms with E-state index in [1.54, 1.807) is 23.9 Å². The Hall–Kier alpha value is -3.05. The summed E-state index contributed by atoms with van der Waals surface area (Å²) < 4.78 is 0. The molecule has 1 saturated heterocycles. The van der Waals surface area contributed by atoms with Gasteiger partial charge in [0.25, 0.3) is 5.91 Å². The lowest BCUT2D eigenvalue weighted by molar-refractivity contribution is -0.115. The second-order valence-electron chi connectivity index (χ2n) is 6.71. The molecule has 0 aromatic heterocycles. The molecule has 4 nitrogen and oxygen atoms in total. The number of benzene rings is 3. The second-order valence-corrected chi connectivity index (χ2v) is 7.78. The van der Waals surface area contributed by atoms with Crippen molar-refractivity contribution >= 4 is 35.0 Å². The summed E-state index contributed by atoms with van der Waals surface area (Å²) in [7, 11) is 0. The molecule has 5 heteroatoms. The van der Waals surface area contributed by atoms with Gasteiger partial charge in [-0.2, -0.15) is 0 Å². The van der Waals surface area contributed by atoms with Gasteiger partial charge in [-0.15, -0.1) is 11.8 Å². The van der Waals surface area contributed by atoms with E-state index in [1.165, 1.54) is 0 Å². The third kappa shape index (κ3) is 3.80. The maximum absolute atomic E-state index is 12.5. The van der Waals surface area contributed by atoms with E-state index in [-0.39, 0.29) is 17.2 Å². The first-order valence-electron chi connectivity index (χ1n) is 9.08. The molecule has 140 valence electrons. The first kappa shape index (κ1) is 18.3. The normalized spacial score (nSPS) is 16.2. The van der Waals surface area contributed by atoms with Crippen molar-refractivity contribution in [2.45, 2.75) is 12.3 Å². The van der Waals surface area contributed by atoms with Gasteiger partial charge in [-0.25, -0.2) is 0 Å². The van der Waals surface area contributed by atoms with Gasteiger partial charge in [0.1, 0.15) is 5.37 Å². The van der Waals surface area contributed by atoms with Gasteiger partial charge >= 0.3 is 0 Å². The number of carbonyl (C=O) groups excluding carboxylic acids is 2. The molecular formula is C23H20N2O2S. The van der Waals surface area contributed by atoms with Crippen molar-refractivity contribution in [3.8, 4) is 0 Å². The van der Waals surface area contributed by atoms with Crippen molar-refractivity contribution in [3.05, 3.63) is 95.6 Å². The number of nitrogens with one attached hydrogen (secondary N) is 1. The van der Waals surface area contributed by atoms with Crippen LogP contribution in [-0.4, -0.2) is 17.6 Å². The van der Waals surface area contributed by atoms with Gasteiger partial charge in [0.15, 0.2) is 0 Å². The molecule has 3 aromatic rings. The highest BCUT2D eigenvalue weighted by Gasteiger charge is 2.34. The Labute approximate surface area is 168 Å². The third-order valence-corrected chi connectivity index (χ3v) is 5.86. The standard InChI is InChI=1S/C23H20N2O2S/c1-16-10-12-20(13-11-16)25-21(26)15-28-23(25)18-8-5-9-19(14-18)24-22(27)17-6-3-2-4-7-17/h2-14,23H,15H2,1H3,(H,24,27). The highest BCUT2D eigenvalue weighted by molar-refractivity contribution is 8.00. The molecule has 3 aromatic carbocycles. The van der Waals surface area contributed by atoms with E-state index in [4.69, 9.17) is 0 Å². The van der Waals surface area contributed by atoms with Crippen LogP contribution >= 0.6 is 11.8 Å². The maximum atomic E-state index is 12.5. The van der Waals surface area contributed by atoms with Crippen LogP contribution in [0.1, 0.15) is 26.9 Å². The predicted octanol–water partition coefficient (Wildman–Crippen LogP) is 5.03. The molecule has 0 bridgehead atoms. The zero-order valence-corrected chi connectivity index (χ0v) is 16.3. The highest BCUT2D eigenvalue weighted by atomic mass is 32.2. The lowest BCUT2D eigenvalue weighted by atomic mass is 10.1. The van der Waals surface area contributed by atoms with E-state index in [1.807, 2.05) is 78.6 Å². The van der Waals surface area contributed by atoms with Crippen LogP contribution in [0.25, 0.3) is 0 Å². The number of nitrogens with zero attached hydrogens (tertiary/aromatic N) is 1. The second kappa shape index (κ2) is 7.90. The average molecular weight is 388 g/mol. The number of anilines is 2. The molecule has 1 heterocycles. The highest BCUT2D eigenvalue weighted by Crippen LogP contribution is 2.42. The fourth-order valence-electron chi connectivity index (χ4n) is 3.22. The monoisotopic (exact) mass is 388 g/mol. The number of thioether (sulfide) groups is 1. The van der Waals surface area contributed by atoms with Crippen molar-refractivity contribution in [2.24, 2.45) is 0 Å². The lowest BCUT2D eigenvalue weighted by Gasteiger charge is -2.25. The molecule has 2 amide bonds. The quantitative estimate of drug-likeness (QED) is 0.682. The van der Waals surface area contributed by atoms with E-state index in [0.717, 1.165) is 22.5 Å². The van der Waals surface area contributed by atoms with Crippen molar-refractivity contribution in [2.75, 3.05) is 16.0 Å². The first-order chi connectivity index (χ1) is 13.6. The van der Waals surface area contributed by atoms with Crippen molar-refractivity contribution in [1.82, 2.24) is 0 Å². The lowest BCUT2D eigenvalue weighted by Crippen LogP contribution is -2.27. The summed E-state index contributed by atoms with van der Waals surface area (Å²) in [5, 5.41) is 2.84. The van der Waals surface area contributed by atoms with Crippen LogP contribution < -0.4 is 10.2 Å². The smallest absolute Gasteiger partial charge is 0.255 e. The number of aryl methyl sites for hydroxylation is 1. The first-order valence-corrected chi connectivity index (χ1v) is 10.1. The number of rotatable bonds is 4. The van der Waals surface area contributed by atoms with Crippen molar-refractivity contribution < 1.29 is 9.59 Å². The molecule has 1 unspecified atom stereocenters. The summed E-state index contributed by atoms with van der Waals surface area (Å²) in [6.07, 6.45) is 0. The number of carbonyl (C=O) groups is 2. The van der Waals surface area contributed by atoms with Crippen molar-refractivity contribution in [3.63, 3.8) is 0 Å². The van der Waals surface area contributed by atoms with Gasteiger partial charge in [0, 0.05) is 16.9 Å². The van der Waals surface area contributed by atoms with E-state index in [9.17, 15) is 9.59 Å². The van der Waals surface area contributed by atoms with Crippen LogP contribution in [0.4, 0.5) is 11.4 Å². The number of hydrogen-bond donors (Lipinski definition) is 1. The Balaban J connectivity index is 1.58. The summed E-state index contributed by atoms with van der Waals surface area (Å²) in [6, 6.07) is 24.8. The minimum absolute atomic E-state index is 0.0950. The molecule has 0 aliphatic carbocycles. The van der Waals surface area contributed by atoms with Crippen LogP contribution in [0.3, 0.4) is 0 Å². The summed E-state index contributed by atoms with van der Waals surface area (Å²) in [5.41, 5.74) is 4.37. The summed E-state index contributed by atoms with van der Waals surface area (Å²) >= 11 is 1.60. The summed E-state index contributed by atoms with van der Waals surface area (Å²) in [5.74, 6) is 0.389. The van der Waals surface area contributed by atoms with Gasteiger partial charge in [-0.05, 0) is 48.9 Å². The molecular weight excluding hydrogens is 368 g/mol. The Morgan fingerprint density at radius 1 is 1.00 bits per heavy atom. The molecule has 1 fully saturated rings. The van der Waals surface area contributed by atoms with Gasteiger partial charge in [0.05, 0.1) is 5.75 Å². The Morgan fingerprint density at radius 3 is 2.50 bits per heavy atom. The molecule has 1 N–H and O–H groups in total. The summed E-state index contributed by atoms with van der Waals surface area (Å²) in [6.45, 7) is 2.03. The fraction of sp³-hybridized carbons (Fsp3) is 0.130. The van der Waals surface area contributed by atoms with Crippen molar-refractivity contribution in [1.29, 1.82) is 0 Å². The third-order valence-electron chi connectivity index (χ3n) is 4.65. The van der Waals surface area contributed by atoms with Crippen LogP contribution in [0.15, 0.2) is 78.9 Å². The van der Waals surface area contributed by atoms with Crippen LogP contribution in [0.2, 0.25) is 0 Å².